The van der Waals surface area contributed by atoms with Crippen molar-refractivity contribution in [3.05, 3.63) is 88.7 Å². The highest BCUT2D eigenvalue weighted by Gasteiger charge is 2.31. The highest BCUT2D eigenvalue weighted by Crippen LogP contribution is 2.30. The first kappa shape index (κ1) is 20.6. The molecule has 1 aliphatic rings. The number of hydrogen-bond donors (Lipinski definition) is 1. The predicted molar refractivity (Wildman–Crippen MR) is 106 cm³/mol. The summed E-state index contributed by atoms with van der Waals surface area (Å²) in [4.78, 5) is 26.7. The van der Waals surface area contributed by atoms with Crippen molar-refractivity contribution in [2.45, 2.75) is 25.8 Å². The molecule has 0 atom stereocenters. The van der Waals surface area contributed by atoms with E-state index >= 15 is 0 Å². The second-order valence-corrected chi connectivity index (χ2v) is 7.23. The van der Waals surface area contributed by atoms with Crippen LogP contribution in [0.2, 0.25) is 0 Å². The van der Waals surface area contributed by atoms with Gasteiger partial charge in [0.05, 0.1) is 12.1 Å². The Bertz CT molecular complexity index is 1110. The third-order valence-electron chi connectivity index (χ3n) is 5.02. The smallest absolute Gasteiger partial charge is 0.347 e. The zero-order chi connectivity index (χ0) is 22.0. The largest absolute Gasteiger partial charge is 0.416 e. The second-order valence-electron chi connectivity index (χ2n) is 7.23. The number of hydrogen-bond acceptors (Lipinski definition) is 3. The zero-order valence-electron chi connectivity index (χ0n) is 16.4. The maximum atomic E-state index is 12.9. The Hall–Kier alpha value is -3.62. The Morgan fingerprint density at radius 2 is 1.74 bits per heavy atom. The summed E-state index contributed by atoms with van der Waals surface area (Å²) >= 11 is 0. The van der Waals surface area contributed by atoms with Gasteiger partial charge in [0.2, 0.25) is 0 Å². The number of nitrogens with one attached hydrogen (secondary N) is 1. The van der Waals surface area contributed by atoms with Crippen LogP contribution >= 0.6 is 0 Å². The van der Waals surface area contributed by atoms with E-state index in [9.17, 15) is 22.8 Å². The highest BCUT2D eigenvalue weighted by molar-refractivity contribution is 5.98. The molecule has 4 rings (SSSR count). The number of aromatic nitrogens is 2. The zero-order valence-corrected chi connectivity index (χ0v) is 16.4. The summed E-state index contributed by atoms with van der Waals surface area (Å²) in [5, 5.41) is 6.97. The van der Waals surface area contributed by atoms with E-state index in [2.05, 4.69) is 10.4 Å². The first-order valence-corrected chi connectivity index (χ1v) is 9.66. The molecule has 3 aromatic rings. The molecule has 1 N–H and O–H groups in total. The van der Waals surface area contributed by atoms with Gasteiger partial charge in [0, 0.05) is 25.7 Å². The maximum absolute atomic E-state index is 12.9. The Morgan fingerprint density at radius 3 is 2.48 bits per heavy atom. The van der Waals surface area contributed by atoms with Gasteiger partial charge in [0.15, 0.2) is 5.69 Å². The standard InChI is InChI=1S/C22H19F3N4O2/c23-22(24,25)17-8-4-7-16(11-17)14-28-9-10-29-19(21(28)31)12-18(27-29)20(30)26-13-15-5-2-1-3-6-15/h1-8,11-12H,9-10,13-14H2,(H,26,30). The molecule has 31 heavy (non-hydrogen) atoms. The number of fused-ring (bicyclic) bond motifs is 1. The number of halogens is 3. The van der Waals surface area contributed by atoms with E-state index < -0.39 is 17.6 Å². The van der Waals surface area contributed by atoms with Crippen molar-refractivity contribution in [3.63, 3.8) is 0 Å². The Balaban J connectivity index is 1.45. The fourth-order valence-corrected chi connectivity index (χ4v) is 3.44. The molecule has 0 spiro atoms. The van der Waals surface area contributed by atoms with Crippen LogP contribution in [0.3, 0.4) is 0 Å². The molecule has 2 heterocycles. The number of carbonyl (C=O) groups is 2. The number of amides is 2. The van der Waals surface area contributed by atoms with Crippen LogP contribution in [-0.4, -0.2) is 33.0 Å². The average Bonchev–Trinajstić information content (AvgIpc) is 3.20. The predicted octanol–water partition coefficient (Wildman–Crippen LogP) is 3.49. The van der Waals surface area contributed by atoms with Crippen LogP contribution in [0.25, 0.3) is 0 Å². The fourth-order valence-electron chi connectivity index (χ4n) is 3.44. The summed E-state index contributed by atoms with van der Waals surface area (Å²) in [5.41, 5.74) is 0.931. The number of rotatable bonds is 5. The van der Waals surface area contributed by atoms with Gasteiger partial charge >= 0.3 is 6.18 Å². The quantitative estimate of drug-likeness (QED) is 0.677. The highest BCUT2D eigenvalue weighted by atomic mass is 19.4. The molecule has 160 valence electrons. The first-order valence-electron chi connectivity index (χ1n) is 9.66. The van der Waals surface area contributed by atoms with E-state index in [1.807, 2.05) is 30.3 Å². The van der Waals surface area contributed by atoms with Crippen LogP contribution in [-0.2, 0) is 25.8 Å². The number of benzene rings is 2. The summed E-state index contributed by atoms with van der Waals surface area (Å²) < 4.78 is 40.3. The van der Waals surface area contributed by atoms with Crippen LogP contribution in [0, 0.1) is 0 Å². The van der Waals surface area contributed by atoms with Crippen LogP contribution < -0.4 is 5.32 Å². The van der Waals surface area contributed by atoms with Gasteiger partial charge in [-0.1, -0.05) is 42.5 Å². The van der Waals surface area contributed by atoms with Crippen molar-refractivity contribution in [3.8, 4) is 0 Å². The number of alkyl halides is 3. The molecular formula is C22H19F3N4O2. The third kappa shape index (κ3) is 4.60. The number of nitrogens with zero attached hydrogens (tertiary/aromatic N) is 3. The Morgan fingerprint density at radius 1 is 1.00 bits per heavy atom. The molecule has 0 radical (unpaired) electrons. The van der Waals surface area contributed by atoms with Gasteiger partial charge in [-0.25, -0.2) is 0 Å². The second kappa shape index (κ2) is 8.25. The van der Waals surface area contributed by atoms with E-state index in [-0.39, 0.29) is 30.4 Å². The molecule has 0 fully saturated rings. The van der Waals surface area contributed by atoms with E-state index in [1.165, 1.54) is 21.7 Å². The molecule has 0 unspecified atom stereocenters. The molecular weight excluding hydrogens is 409 g/mol. The molecule has 1 aliphatic heterocycles. The molecule has 0 saturated carbocycles. The van der Waals surface area contributed by atoms with E-state index in [0.29, 0.717) is 18.7 Å². The topological polar surface area (TPSA) is 67.2 Å². The van der Waals surface area contributed by atoms with Crippen LogP contribution in [0.1, 0.15) is 37.7 Å². The lowest BCUT2D eigenvalue weighted by Gasteiger charge is -2.27. The van der Waals surface area contributed by atoms with Gasteiger partial charge in [-0.3, -0.25) is 14.3 Å². The van der Waals surface area contributed by atoms with Gasteiger partial charge in [-0.05, 0) is 23.3 Å². The summed E-state index contributed by atoms with van der Waals surface area (Å²) in [7, 11) is 0. The summed E-state index contributed by atoms with van der Waals surface area (Å²) in [6.45, 7) is 1.02. The molecule has 6 nitrogen and oxygen atoms in total. The summed E-state index contributed by atoms with van der Waals surface area (Å²) in [6, 6.07) is 15.7. The first-order chi connectivity index (χ1) is 14.8. The normalized spacial score (nSPS) is 13.8. The monoisotopic (exact) mass is 428 g/mol. The molecule has 0 saturated heterocycles. The lowest BCUT2D eigenvalue weighted by atomic mass is 10.1. The minimum Gasteiger partial charge on any atom is -0.347 e. The maximum Gasteiger partial charge on any atom is 0.416 e. The van der Waals surface area contributed by atoms with Crippen LogP contribution in [0.4, 0.5) is 13.2 Å². The van der Waals surface area contributed by atoms with Crippen molar-refractivity contribution >= 4 is 11.8 Å². The fraction of sp³-hybridized carbons (Fsp3) is 0.227. The van der Waals surface area contributed by atoms with Crippen molar-refractivity contribution in [2.24, 2.45) is 0 Å². The molecule has 1 aromatic heterocycles. The SMILES string of the molecule is O=C(NCc1ccccc1)c1cc2n(n1)CCN(Cc1cccc(C(F)(F)F)c1)C2=O. The minimum absolute atomic E-state index is 0.0451. The van der Waals surface area contributed by atoms with Gasteiger partial charge in [0.1, 0.15) is 5.69 Å². The molecule has 0 bridgehead atoms. The average molecular weight is 428 g/mol. The van der Waals surface area contributed by atoms with E-state index in [1.54, 1.807) is 6.07 Å². The molecule has 0 aliphatic carbocycles. The van der Waals surface area contributed by atoms with Gasteiger partial charge < -0.3 is 10.2 Å². The molecule has 2 aromatic carbocycles. The Labute approximate surface area is 176 Å². The third-order valence-corrected chi connectivity index (χ3v) is 5.02. The van der Waals surface area contributed by atoms with E-state index in [0.717, 1.165) is 17.7 Å². The van der Waals surface area contributed by atoms with Crippen molar-refractivity contribution in [2.75, 3.05) is 6.54 Å². The van der Waals surface area contributed by atoms with Gasteiger partial charge in [-0.15, -0.1) is 0 Å². The van der Waals surface area contributed by atoms with E-state index in [4.69, 9.17) is 0 Å². The van der Waals surface area contributed by atoms with Crippen molar-refractivity contribution < 1.29 is 22.8 Å². The minimum atomic E-state index is -4.44. The number of carbonyl (C=O) groups excluding carboxylic acids is 2. The van der Waals surface area contributed by atoms with Crippen molar-refractivity contribution in [1.29, 1.82) is 0 Å². The summed E-state index contributed by atoms with van der Waals surface area (Å²) in [5.74, 6) is -0.777. The Kier molecular flexibility index (Phi) is 5.50. The molecule has 9 heteroatoms. The van der Waals surface area contributed by atoms with Crippen molar-refractivity contribution in [1.82, 2.24) is 20.0 Å². The lowest BCUT2D eigenvalue weighted by molar-refractivity contribution is -0.137. The van der Waals surface area contributed by atoms with Crippen LogP contribution in [0.5, 0.6) is 0 Å². The van der Waals surface area contributed by atoms with Gasteiger partial charge in [0.25, 0.3) is 11.8 Å². The van der Waals surface area contributed by atoms with Crippen LogP contribution in [0.15, 0.2) is 60.7 Å². The van der Waals surface area contributed by atoms with Gasteiger partial charge in [-0.2, -0.15) is 18.3 Å². The summed E-state index contributed by atoms with van der Waals surface area (Å²) in [6.07, 6.45) is -4.44. The lowest BCUT2D eigenvalue weighted by Crippen LogP contribution is -2.39. The molecule has 2 amide bonds.